The second-order valence-electron chi connectivity index (χ2n) is 9.47. The molecule has 0 aliphatic carbocycles. The van der Waals surface area contributed by atoms with Gasteiger partial charge in [0, 0.05) is 13.0 Å². The van der Waals surface area contributed by atoms with Crippen LogP contribution < -0.4 is 10.4 Å². The van der Waals surface area contributed by atoms with Gasteiger partial charge in [0.25, 0.3) is 5.91 Å². The maximum Gasteiger partial charge on any atom is 0.460 e. The summed E-state index contributed by atoms with van der Waals surface area (Å²) in [5, 5.41) is 11.2. The normalized spacial score (nSPS) is 15.8. The fourth-order valence-corrected chi connectivity index (χ4v) is 2.95. The maximum atomic E-state index is 13.9. The van der Waals surface area contributed by atoms with Crippen LogP contribution in [0.25, 0.3) is 0 Å². The van der Waals surface area contributed by atoms with Crippen molar-refractivity contribution in [3.05, 3.63) is 0 Å². The molecule has 262 valence electrons. The second kappa shape index (κ2) is 11.3. The molecule has 0 aromatic carbocycles. The molecule has 1 N–H and O–H groups in total. The summed E-state index contributed by atoms with van der Waals surface area (Å²) >= 11 is 0. The van der Waals surface area contributed by atoms with E-state index in [0.717, 1.165) is 14.1 Å². The summed E-state index contributed by atoms with van der Waals surface area (Å²) < 4.78 is 280. The fraction of sp³-hybridized carbons (Fsp3) is 0.889. The molecule has 0 saturated carbocycles. The number of alkyl halides is 21. The van der Waals surface area contributed by atoms with E-state index in [1.807, 2.05) is 0 Å². The molecule has 5 nitrogen and oxygen atoms in total. The zero-order chi connectivity index (χ0) is 36.2. The van der Waals surface area contributed by atoms with Crippen LogP contribution >= 0.6 is 0 Å². The summed E-state index contributed by atoms with van der Waals surface area (Å²) in [4.78, 5) is 21.9. The van der Waals surface area contributed by atoms with Crippen molar-refractivity contribution < 1.29 is 111 Å². The fourth-order valence-electron chi connectivity index (χ4n) is 2.95. The third-order valence-electron chi connectivity index (χ3n) is 5.58. The van der Waals surface area contributed by atoms with Crippen molar-refractivity contribution in [1.29, 1.82) is 0 Å². The minimum atomic E-state index is -9.30. The van der Waals surface area contributed by atoms with Crippen LogP contribution in [0.4, 0.5) is 92.2 Å². The Bertz CT molecular complexity index is 1070. The van der Waals surface area contributed by atoms with Crippen molar-refractivity contribution >= 4 is 11.9 Å². The molecule has 44 heavy (non-hydrogen) atoms. The summed E-state index contributed by atoms with van der Waals surface area (Å²) in [6.45, 7) is -2.65. The Kier molecular flexibility index (Phi) is 10.7. The average Bonchev–Trinajstić information content (AvgIpc) is 2.78. The summed E-state index contributed by atoms with van der Waals surface area (Å²) in [6.07, 6.45) is -8.79. The van der Waals surface area contributed by atoms with Crippen LogP contribution in [0.5, 0.6) is 0 Å². The van der Waals surface area contributed by atoms with Gasteiger partial charge in [-0.15, -0.1) is 0 Å². The highest BCUT2D eigenvalue weighted by atomic mass is 19.4. The van der Waals surface area contributed by atoms with Crippen LogP contribution in [0.2, 0.25) is 0 Å². The van der Waals surface area contributed by atoms with Crippen LogP contribution in [0.3, 0.4) is 0 Å². The van der Waals surface area contributed by atoms with Gasteiger partial charge in [0.2, 0.25) is 0 Å². The molecule has 0 fully saturated rings. The summed E-state index contributed by atoms with van der Waals surface area (Å²) in [5.41, 5.74) is 0. The van der Waals surface area contributed by atoms with Gasteiger partial charge in [0.1, 0.15) is 6.54 Å². The third-order valence-corrected chi connectivity index (χ3v) is 5.58. The van der Waals surface area contributed by atoms with Gasteiger partial charge in [-0.05, 0) is 0 Å². The maximum absolute atomic E-state index is 13.9. The predicted octanol–water partition coefficient (Wildman–Crippen LogP) is 4.60. The van der Waals surface area contributed by atoms with Crippen molar-refractivity contribution in [2.45, 2.75) is 65.9 Å². The smallest absolute Gasteiger partial charge is 0.460 e. The number of hydrogen-bond acceptors (Lipinski definition) is 3. The zero-order valence-corrected chi connectivity index (χ0v) is 20.9. The highest BCUT2D eigenvalue weighted by Crippen LogP contribution is 2.66. The first-order valence-electron chi connectivity index (χ1n) is 10.6. The lowest BCUT2D eigenvalue weighted by molar-refractivity contribution is -0.884. The van der Waals surface area contributed by atoms with Crippen molar-refractivity contribution in [3.63, 3.8) is 0 Å². The average molecular weight is 706 g/mol. The van der Waals surface area contributed by atoms with Gasteiger partial charge in [0.15, 0.2) is 0 Å². The molecule has 0 atom stereocenters. The Morgan fingerprint density at radius 3 is 1.14 bits per heavy atom. The molecular weight excluding hydrogens is 691 g/mol. The number of halogens is 21. The zero-order valence-electron chi connectivity index (χ0n) is 20.9. The highest BCUT2D eigenvalue weighted by molar-refractivity contribution is 5.84. The number of rotatable bonds is 15. The van der Waals surface area contributed by atoms with E-state index in [-0.39, 0.29) is 0 Å². The minimum Gasteiger partial charge on any atom is -0.544 e. The first-order chi connectivity index (χ1) is 18.8. The van der Waals surface area contributed by atoms with Gasteiger partial charge in [-0.3, -0.25) is 4.79 Å². The molecule has 26 heteroatoms. The topological polar surface area (TPSA) is 69.2 Å². The molecule has 0 aromatic heterocycles. The molecule has 0 saturated heterocycles. The number of amides is 1. The van der Waals surface area contributed by atoms with Gasteiger partial charge in [0.05, 0.1) is 26.6 Å². The van der Waals surface area contributed by atoms with Crippen LogP contribution in [0.1, 0.15) is 6.42 Å². The lowest BCUT2D eigenvalue weighted by atomic mass is 9.86. The standard InChI is InChI=1S/C18H15F21N2O3/c1-41(2,6-7(42)43)5-3-4-40-8(44)9(19,20)10(21,22)11(23,24)12(25,26)13(27,28)14(29,30)15(31,32)16(33,34)17(35,36)18(37,38)39/h3-6H2,1-2H3,(H-,40,42,43,44). The van der Waals surface area contributed by atoms with Crippen LogP contribution in [0.15, 0.2) is 0 Å². The van der Waals surface area contributed by atoms with Crippen molar-refractivity contribution in [1.82, 2.24) is 5.32 Å². The number of likely N-dealkylation sites (N-methyl/N-ethyl adjacent to an activating group) is 1. The molecule has 0 rings (SSSR count). The van der Waals surface area contributed by atoms with E-state index < -0.39 is 102 Å². The van der Waals surface area contributed by atoms with E-state index in [9.17, 15) is 107 Å². The third kappa shape index (κ3) is 6.13. The Labute approximate surface area is 229 Å². The molecule has 0 heterocycles. The second-order valence-corrected chi connectivity index (χ2v) is 9.47. The number of nitrogens with one attached hydrogen (secondary N) is 1. The SMILES string of the molecule is C[N+](C)(CCCNC(=O)C(F)(F)C(F)(F)C(F)(F)C(F)(F)C(F)(F)C(F)(F)C(F)(F)C(F)(F)C(F)(F)C(F)(F)F)CC(=O)[O-]. The summed E-state index contributed by atoms with van der Waals surface area (Å²) in [7, 11) is 2.20. The van der Waals surface area contributed by atoms with E-state index in [1.165, 1.54) is 0 Å². The van der Waals surface area contributed by atoms with Crippen molar-refractivity contribution in [3.8, 4) is 0 Å². The first-order valence-corrected chi connectivity index (χ1v) is 10.6. The highest BCUT2D eigenvalue weighted by Gasteiger charge is 2.98. The molecule has 0 bridgehead atoms. The van der Waals surface area contributed by atoms with Gasteiger partial charge < -0.3 is 19.7 Å². The molecular formula is C18H15F21N2O3. The molecule has 0 aromatic rings. The Morgan fingerprint density at radius 1 is 0.545 bits per heavy atom. The van der Waals surface area contributed by atoms with Crippen molar-refractivity contribution in [2.75, 3.05) is 33.7 Å². The van der Waals surface area contributed by atoms with Crippen LogP contribution in [-0.4, -0.2) is 110 Å². The van der Waals surface area contributed by atoms with E-state index in [0.29, 0.717) is 5.32 Å². The number of quaternary nitrogens is 1. The summed E-state index contributed by atoms with van der Waals surface area (Å²) in [5.74, 6) is -84.6. The monoisotopic (exact) mass is 706 g/mol. The van der Waals surface area contributed by atoms with Gasteiger partial charge in [-0.25, -0.2) is 0 Å². The molecule has 0 aliphatic rings. The molecule has 1 amide bonds. The van der Waals surface area contributed by atoms with Crippen LogP contribution in [-0.2, 0) is 9.59 Å². The first kappa shape index (κ1) is 41.4. The van der Waals surface area contributed by atoms with Crippen LogP contribution in [0, 0.1) is 0 Å². The lowest BCUT2D eigenvalue weighted by Gasteiger charge is -2.44. The molecule has 0 aliphatic heterocycles. The lowest BCUT2D eigenvalue weighted by Crippen LogP contribution is -2.77. The van der Waals surface area contributed by atoms with Gasteiger partial charge >= 0.3 is 59.5 Å². The van der Waals surface area contributed by atoms with Crippen molar-refractivity contribution in [2.24, 2.45) is 0 Å². The number of carbonyl (C=O) groups is 2. The molecule has 0 radical (unpaired) electrons. The van der Waals surface area contributed by atoms with E-state index in [2.05, 4.69) is 0 Å². The minimum absolute atomic E-state index is 0.488. The van der Waals surface area contributed by atoms with Gasteiger partial charge in [-0.1, -0.05) is 0 Å². The van der Waals surface area contributed by atoms with E-state index in [1.54, 1.807) is 0 Å². The number of carboxylic acids is 1. The number of aliphatic carboxylic acids is 1. The predicted molar refractivity (Wildman–Crippen MR) is 95.1 cm³/mol. The Morgan fingerprint density at radius 2 is 0.841 bits per heavy atom. The summed E-state index contributed by atoms with van der Waals surface area (Å²) in [6, 6.07) is 0. The van der Waals surface area contributed by atoms with E-state index >= 15 is 0 Å². The number of carbonyl (C=O) groups excluding carboxylic acids is 2. The number of nitrogens with zero attached hydrogens (tertiary/aromatic N) is 1. The number of carboxylic acid groups (broad SMARTS) is 1. The molecule has 0 unspecified atom stereocenters. The quantitative estimate of drug-likeness (QED) is 0.154. The van der Waals surface area contributed by atoms with E-state index in [4.69, 9.17) is 0 Å². The Balaban J connectivity index is 6.57. The van der Waals surface area contributed by atoms with Gasteiger partial charge in [-0.2, -0.15) is 92.2 Å². The largest absolute Gasteiger partial charge is 0.544 e. The number of hydrogen-bond donors (Lipinski definition) is 1. The Hall–Kier alpha value is -2.57. The molecule has 0 spiro atoms.